The minimum Gasteiger partial charge on any atom is -0.341 e. The number of amides is 1. The molecule has 0 radical (unpaired) electrons. The summed E-state index contributed by atoms with van der Waals surface area (Å²) in [5.41, 5.74) is 7.07. The predicted molar refractivity (Wildman–Crippen MR) is 75.6 cm³/mol. The fourth-order valence-corrected chi connectivity index (χ4v) is 3.36. The minimum absolute atomic E-state index is 0.134. The van der Waals surface area contributed by atoms with Crippen molar-refractivity contribution in [3.63, 3.8) is 0 Å². The average Bonchev–Trinajstić information content (AvgIpc) is 2.81. The van der Waals surface area contributed by atoms with Gasteiger partial charge < -0.3 is 10.6 Å². The molecule has 3 rings (SSSR count). The summed E-state index contributed by atoms with van der Waals surface area (Å²) in [7, 11) is 0. The first-order valence-electron chi connectivity index (χ1n) is 7.28. The molecule has 1 aromatic rings. The van der Waals surface area contributed by atoms with Crippen LogP contribution >= 0.6 is 0 Å². The van der Waals surface area contributed by atoms with Gasteiger partial charge in [0.2, 0.25) is 5.91 Å². The maximum absolute atomic E-state index is 12.8. The van der Waals surface area contributed by atoms with E-state index in [1.807, 2.05) is 11.0 Å². The molecule has 1 aromatic carbocycles. The number of carbonyl (C=O) groups excluding carboxylic acids is 1. The van der Waals surface area contributed by atoms with Crippen molar-refractivity contribution in [2.45, 2.75) is 38.1 Å². The molecule has 1 heterocycles. The SMILES string of the molecule is N[C@@H]1CCN(C(=O)C2(Cc3ccccc3)CCC2)C1. The van der Waals surface area contributed by atoms with Gasteiger partial charge in [0.15, 0.2) is 0 Å². The molecule has 1 amide bonds. The van der Waals surface area contributed by atoms with Crippen molar-refractivity contribution in [2.75, 3.05) is 13.1 Å². The molecule has 2 aliphatic rings. The summed E-state index contributed by atoms with van der Waals surface area (Å²) in [6.45, 7) is 1.59. The number of hydrogen-bond acceptors (Lipinski definition) is 2. The second kappa shape index (κ2) is 4.97. The van der Waals surface area contributed by atoms with Gasteiger partial charge in [-0.25, -0.2) is 0 Å². The molecular formula is C16H22N2O. The number of nitrogens with zero attached hydrogens (tertiary/aromatic N) is 1. The molecule has 0 aromatic heterocycles. The third-order valence-electron chi connectivity index (χ3n) is 4.66. The summed E-state index contributed by atoms with van der Waals surface area (Å²) in [5, 5.41) is 0. The zero-order chi connectivity index (χ0) is 13.3. The third kappa shape index (κ3) is 2.39. The van der Waals surface area contributed by atoms with Gasteiger partial charge in [-0.15, -0.1) is 0 Å². The quantitative estimate of drug-likeness (QED) is 0.901. The first-order valence-corrected chi connectivity index (χ1v) is 7.28. The minimum atomic E-state index is -0.134. The zero-order valence-electron chi connectivity index (χ0n) is 11.3. The van der Waals surface area contributed by atoms with Crippen molar-refractivity contribution in [2.24, 2.45) is 11.1 Å². The van der Waals surface area contributed by atoms with E-state index in [2.05, 4.69) is 24.3 Å². The molecule has 1 aliphatic carbocycles. The Morgan fingerprint density at radius 2 is 2.05 bits per heavy atom. The number of likely N-dealkylation sites (tertiary alicyclic amines) is 1. The van der Waals surface area contributed by atoms with Crippen LogP contribution in [0, 0.1) is 5.41 Å². The third-order valence-corrected chi connectivity index (χ3v) is 4.66. The number of rotatable bonds is 3. The first-order chi connectivity index (χ1) is 9.20. The molecular weight excluding hydrogens is 236 g/mol. The zero-order valence-corrected chi connectivity index (χ0v) is 11.3. The van der Waals surface area contributed by atoms with Crippen molar-refractivity contribution >= 4 is 5.91 Å². The van der Waals surface area contributed by atoms with Crippen LogP contribution in [-0.2, 0) is 11.2 Å². The average molecular weight is 258 g/mol. The highest BCUT2D eigenvalue weighted by atomic mass is 16.2. The molecule has 3 heteroatoms. The lowest BCUT2D eigenvalue weighted by Gasteiger charge is -2.43. The topological polar surface area (TPSA) is 46.3 Å². The van der Waals surface area contributed by atoms with E-state index in [-0.39, 0.29) is 11.5 Å². The Bertz CT molecular complexity index is 453. The summed E-state index contributed by atoms with van der Waals surface area (Å²) in [5.74, 6) is 0.343. The predicted octanol–water partition coefficient (Wildman–Crippen LogP) is 1.96. The van der Waals surface area contributed by atoms with Crippen LogP contribution in [0.1, 0.15) is 31.2 Å². The number of benzene rings is 1. The van der Waals surface area contributed by atoms with Gasteiger partial charge in [0, 0.05) is 19.1 Å². The maximum Gasteiger partial charge on any atom is 0.229 e. The number of hydrogen-bond donors (Lipinski definition) is 1. The molecule has 1 saturated heterocycles. The smallest absolute Gasteiger partial charge is 0.229 e. The monoisotopic (exact) mass is 258 g/mol. The van der Waals surface area contributed by atoms with Crippen LogP contribution in [0.15, 0.2) is 30.3 Å². The molecule has 2 N–H and O–H groups in total. The van der Waals surface area contributed by atoms with Gasteiger partial charge in [0.05, 0.1) is 5.41 Å². The molecule has 3 nitrogen and oxygen atoms in total. The van der Waals surface area contributed by atoms with Crippen molar-refractivity contribution in [3.05, 3.63) is 35.9 Å². The number of nitrogens with two attached hydrogens (primary N) is 1. The standard InChI is InChI=1S/C16H22N2O/c17-14-7-10-18(12-14)15(19)16(8-4-9-16)11-13-5-2-1-3-6-13/h1-3,5-6,14H,4,7-12,17H2/t14-/m1/s1. The molecule has 1 atom stereocenters. The first kappa shape index (κ1) is 12.7. The van der Waals surface area contributed by atoms with Crippen molar-refractivity contribution in [1.29, 1.82) is 0 Å². The Kier molecular flexibility index (Phi) is 3.31. The van der Waals surface area contributed by atoms with Crippen LogP contribution in [0.3, 0.4) is 0 Å². The molecule has 0 bridgehead atoms. The van der Waals surface area contributed by atoms with Gasteiger partial charge in [-0.1, -0.05) is 36.8 Å². The van der Waals surface area contributed by atoms with Gasteiger partial charge in [-0.3, -0.25) is 4.79 Å². The van der Waals surface area contributed by atoms with Crippen molar-refractivity contribution < 1.29 is 4.79 Å². The normalized spacial score (nSPS) is 25.1. The lowest BCUT2D eigenvalue weighted by molar-refractivity contribution is -0.146. The Morgan fingerprint density at radius 3 is 2.58 bits per heavy atom. The number of carbonyl (C=O) groups is 1. The molecule has 0 spiro atoms. The lowest BCUT2D eigenvalue weighted by atomic mass is 9.64. The molecule has 1 aliphatic heterocycles. The van der Waals surface area contributed by atoms with E-state index in [1.165, 1.54) is 12.0 Å². The van der Waals surface area contributed by atoms with Gasteiger partial charge in [0.25, 0.3) is 0 Å². The van der Waals surface area contributed by atoms with E-state index in [1.54, 1.807) is 0 Å². The van der Waals surface area contributed by atoms with Gasteiger partial charge in [-0.2, -0.15) is 0 Å². The van der Waals surface area contributed by atoms with E-state index < -0.39 is 0 Å². The van der Waals surface area contributed by atoms with Gasteiger partial charge in [-0.05, 0) is 31.2 Å². The van der Waals surface area contributed by atoms with Crippen molar-refractivity contribution in [1.82, 2.24) is 4.90 Å². The molecule has 102 valence electrons. The van der Waals surface area contributed by atoms with Crippen LogP contribution in [0.4, 0.5) is 0 Å². The van der Waals surface area contributed by atoms with Crippen LogP contribution in [0.5, 0.6) is 0 Å². The van der Waals surface area contributed by atoms with E-state index in [0.717, 1.165) is 38.8 Å². The molecule has 19 heavy (non-hydrogen) atoms. The summed E-state index contributed by atoms with van der Waals surface area (Å²) in [4.78, 5) is 14.8. The fourth-order valence-electron chi connectivity index (χ4n) is 3.36. The second-order valence-corrected chi connectivity index (χ2v) is 6.10. The summed E-state index contributed by atoms with van der Waals surface area (Å²) in [6.07, 6.45) is 5.09. The van der Waals surface area contributed by atoms with Crippen molar-refractivity contribution in [3.8, 4) is 0 Å². The van der Waals surface area contributed by atoms with E-state index >= 15 is 0 Å². The molecule has 0 unspecified atom stereocenters. The Labute approximate surface area is 114 Å². The molecule has 2 fully saturated rings. The fraction of sp³-hybridized carbons (Fsp3) is 0.562. The maximum atomic E-state index is 12.8. The van der Waals surface area contributed by atoms with E-state index in [9.17, 15) is 4.79 Å². The highest BCUT2D eigenvalue weighted by molar-refractivity contribution is 5.84. The van der Waals surface area contributed by atoms with Gasteiger partial charge in [0.1, 0.15) is 0 Å². The highest BCUT2D eigenvalue weighted by Crippen LogP contribution is 2.45. The van der Waals surface area contributed by atoms with Gasteiger partial charge >= 0.3 is 0 Å². The highest BCUT2D eigenvalue weighted by Gasteiger charge is 2.46. The Hall–Kier alpha value is -1.35. The largest absolute Gasteiger partial charge is 0.341 e. The summed E-state index contributed by atoms with van der Waals surface area (Å²) < 4.78 is 0. The summed E-state index contributed by atoms with van der Waals surface area (Å²) >= 11 is 0. The van der Waals surface area contributed by atoms with Crippen LogP contribution in [0.2, 0.25) is 0 Å². The summed E-state index contributed by atoms with van der Waals surface area (Å²) in [6, 6.07) is 10.6. The van der Waals surface area contributed by atoms with Crippen LogP contribution < -0.4 is 5.73 Å². The Balaban J connectivity index is 1.74. The van der Waals surface area contributed by atoms with E-state index in [4.69, 9.17) is 5.73 Å². The lowest BCUT2D eigenvalue weighted by Crippen LogP contribution is -2.49. The second-order valence-electron chi connectivity index (χ2n) is 6.10. The van der Waals surface area contributed by atoms with Crippen LogP contribution in [-0.4, -0.2) is 29.9 Å². The van der Waals surface area contributed by atoms with E-state index in [0.29, 0.717) is 5.91 Å². The van der Waals surface area contributed by atoms with Crippen LogP contribution in [0.25, 0.3) is 0 Å². The Morgan fingerprint density at radius 1 is 1.32 bits per heavy atom. The molecule has 1 saturated carbocycles.